The molecule has 1 aromatic carbocycles. The summed E-state index contributed by atoms with van der Waals surface area (Å²) in [7, 11) is 0. The summed E-state index contributed by atoms with van der Waals surface area (Å²) in [5.74, 6) is 0.434. The maximum atomic E-state index is 12.8. The number of rotatable bonds is 5. The highest BCUT2D eigenvalue weighted by Crippen LogP contribution is 2.30. The van der Waals surface area contributed by atoms with Crippen molar-refractivity contribution in [2.45, 2.75) is 58.9 Å². The van der Waals surface area contributed by atoms with Crippen molar-refractivity contribution < 1.29 is 4.79 Å². The molecule has 1 amide bonds. The van der Waals surface area contributed by atoms with Crippen molar-refractivity contribution in [1.29, 1.82) is 0 Å². The van der Waals surface area contributed by atoms with E-state index in [0.717, 1.165) is 24.1 Å². The molecule has 1 atom stereocenters. The number of nitrogens with one attached hydrogen (secondary N) is 1. The third-order valence-corrected chi connectivity index (χ3v) is 6.16. The third kappa shape index (κ3) is 3.72. The van der Waals surface area contributed by atoms with E-state index in [0.29, 0.717) is 5.92 Å². The number of carbonyl (C=O) groups is 1. The Morgan fingerprint density at radius 2 is 1.88 bits per heavy atom. The van der Waals surface area contributed by atoms with Crippen LogP contribution < -0.4 is 5.32 Å². The van der Waals surface area contributed by atoms with E-state index >= 15 is 0 Å². The molecule has 0 bridgehead atoms. The van der Waals surface area contributed by atoms with E-state index in [9.17, 15) is 4.79 Å². The van der Waals surface area contributed by atoms with Crippen LogP contribution in [0, 0.1) is 5.92 Å². The average Bonchev–Trinajstić information content (AvgIpc) is 3.03. The zero-order valence-corrected chi connectivity index (χ0v) is 15.7. The summed E-state index contributed by atoms with van der Waals surface area (Å²) in [6.45, 7) is 6.49. The van der Waals surface area contributed by atoms with Crippen LogP contribution in [0.2, 0.25) is 0 Å². The Morgan fingerprint density at radius 1 is 1.17 bits per heavy atom. The average molecular weight is 342 g/mol. The normalized spacial score (nSPS) is 15.2. The van der Waals surface area contributed by atoms with Gasteiger partial charge in [-0.3, -0.25) is 4.79 Å². The summed E-state index contributed by atoms with van der Waals surface area (Å²) in [4.78, 5) is 15.1. The van der Waals surface area contributed by atoms with Crippen molar-refractivity contribution in [3.63, 3.8) is 0 Å². The highest BCUT2D eigenvalue weighted by atomic mass is 32.1. The van der Waals surface area contributed by atoms with Crippen LogP contribution in [0.25, 0.3) is 0 Å². The van der Waals surface area contributed by atoms with E-state index in [2.05, 4.69) is 56.4 Å². The van der Waals surface area contributed by atoms with E-state index in [1.54, 1.807) is 11.3 Å². The minimum atomic E-state index is 0.0579. The molecule has 1 aromatic heterocycles. The van der Waals surface area contributed by atoms with Crippen LogP contribution in [0.15, 0.2) is 30.3 Å². The minimum absolute atomic E-state index is 0.0579. The van der Waals surface area contributed by atoms with Gasteiger partial charge in [-0.05, 0) is 60.8 Å². The monoisotopic (exact) mass is 341 g/mol. The zero-order valence-electron chi connectivity index (χ0n) is 14.9. The molecular weight excluding hydrogens is 314 g/mol. The van der Waals surface area contributed by atoms with Crippen molar-refractivity contribution in [3.05, 3.63) is 56.8 Å². The molecule has 1 heterocycles. The van der Waals surface area contributed by atoms with Crippen LogP contribution in [-0.4, -0.2) is 5.91 Å². The molecule has 2 aromatic rings. The smallest absolute Gasteiger partial charge is 0.261 e. The Bertz CT molecular complexity index is 676. The first-order valence-electron chi connectivity index (χ1n) is 9.09. The molecule has 3 heteroatoms. The summed E-state index contributed by atoms with van der Waals surface area (Å²) < 4.78 is 0. The number of thiophene rings is 1. The van der Waals surface area contributed by atoms with Gasteiger partial charge in [0.05, 0.1) is 10.9 Å². The predicted molar refractivity (Wildman–Crippen MR) is 102 cm³/mol. The van der Waals surface area contributed by atoms with Gasteiger partial charge in [-0.25, -0.2) is 0 Å². The number of hydrogen-bond donors (Lipinski definition) is 1. The van der Waals surface area contributed by atoms with Crippen molar-refractivity contribution in [1.82, 2.24) is 5.32 Å². The number of benzene rings is 1. The van der Waals surface area contributed by atoms with Gasteiger partial charge in [-0.1, -0.05) is 45.0 Å². The molecule has 2 nitrogen and oxygen atoms in total. The van der Waals surface area contributed by atoms with Gasteiger partial charge in [0.25, 0.3) is 5.91 Å². The number of fused-ring (bicyclic) bond motifs is 1. The topological polar surface area (TPSA) is 29.1 Å². The van der Waals surface area contributed by atoms with Crippen LogP contribution in [0.1, 0.15) is 70.9 Å². The highest BCUT2D eigenvalue weighted by molar-refractivity contribution is 7.14. The van der Waals surface area contributed by atoms with Crippen LogP contribution in [0.5, 0.6) is 0 Å². The zero-order chi connectivity index (χ0) is 17.1. The largest absolute Gasteiger partial charge is 0.344 e. The maximum absolute atomic E-state index is 12.8. The molecule has 0 unspecified atom stereocenters. The van der Waals surface area contributed by atoms with Gasteiger partial charge in [0.15, 0.2) is 0 Å². The first kappa shape index (κ1) is 17.2. The molecule has 0 spiro atoms. The summed E-state index contributed by atoms with van der Waals surface area (Å²) >= 11 is 1.69. The van der Waals surface area contributed by atoms with Crippen LogP contribution in [-0.2, 0) is 19.3 Å². The van der Waals surface area contributed by atoms with Gasteiger partial charge in [0.2, 0.25) is 0 Å². The fourth-order valence-corrected chi connectivity index (χ4v) is 4.57. The number of carbonyl (C=O) groups excluding carboxylic acids is 1. The Kier molecular flexibility index (Phi) is 5.40. The molecular formula is C21H27NOS. The second-order valence-electron chi connectivity index (χ2n) is 7.06. The van der Waals surface area contributed by atoms with Gasteiger partial charge in [-0.2, -0.15) is 0 Å². The molecule has 24 heavy (non-hydrogen) atoms. The van der Waals surface area contributed by atoms with Crippen LogP contribution in [0.4, 0.5) is 0 Å². The lowest BCUT2D eigenvalue weighted by molar-refractivity contribution is 0.0929. The molecule has 3 rings (SSSR count). The predicted octanol–water partition coefficient (Wildman–Crippen LogP) is 5.32. The van der Waals surface area contributed by atoms with E-state index < -0.39 is 0 Å². The SMILES string of the molecule is CCc1ccc([C@@H](NC(=O)c2cc3c(s2)CCCC3)C(C)C)cc1. The van der Waals surface area contributed by atoms with E-state index in [4.69, 9.17) is 0 Å². The first-order valence-corrected chi connectivity index (χ1v) is 9.91. The lowest BCUT2D eigenvalue weighted by Gasteiger charge is -2.23. The van der Waals surface area contributed by atoms with Gasteiger partial charge >= 0.3 is 0 Å². The fraction of sp³-hybridized carbons (Fsp3) is 0.476. The fourth-order valence-electron chi connectivity index (χ4n) is 3.41. The van der Waals surface area contributed by atoms with Gasteiger partial charge in [0, 0.05) is 4.88 Å². The van der Waals surface area contributed by atoms with E-state index in [1.165, 1.54) is 34.4 Å². The van der Waals surface area contributed by atoms with Crippen molar-refractivity contribution >= 4 is 17.2 Å². The lowest BCUT2D eigenvalue weighted by atomic mass is 9.94. The molecule has 1 aliphatic carbocycles. The molecule has 1 aliphatic rings. The maximum Gasteiger partial charge on any atom is 0.261 e. The van der Waals surface area contributed by atoms with Crippen molar-refractivity contribution in [2.75, 3.05) is 0 Å². The van der Waals surface area contributed by atoms with E-state index in [1.807, 2.05) is 0 Å². The molecule has 0 fully saturated rings. The Labute approximate surface area is 149 Å². The van der Waals surface area contributed by atoms with Gasteiger partial charge in [-0.15, -0.1) is 11.3 Å². The molecule has 0 saturated carbocycles. The minimum Gasteiger partial charge on any atom is -0.344 e. The van der Waals surface area contributed by atoms with E-state index in [-0.39, 0.29) is 11.9 Å². The molecule has 128 valence electrons. The lowest BCUT2D eigenvalue weighted by Crippen LogP contribution is -2.31. The second kappa shape index (κ2) is 7.52. The highest BCUT2D eigenvalue weighted by Gasteiger charge is 2.22. The van der Waals surface area contributed by atoms with Crippen molar-refractivity contribution in [3.8, 4) is 0 Å². The molecule has 0 radical (unpaired) electrons. The summed E-state index contributed by atoms with van der Waals surface area (Å²) in [6.07, 6.45) is 5.82. The quantitative estimate of drug-likeness (QED) is 0.784. The summed E-state index contributed by atoms with van der Waals surface area (Å²) in [5.41, 5.74) is 3.92. The first-order chi connectivity index (χ1) is 11.6. The number of hydrogen-bond acceptors (Lipinski definition) is 2. The Hall–Kier alpha value is -1.61. The van der Waals surface area contributed by atoms with Gasteiger partial charge < -0.3 is 5.32 Å². The standard InChI is InChI=1S/C21H27NOS/c1-4-15-9-11-16(12-10-15)20(14(2)3)22-21(23)19-13-17-7-5-6-8-18(17)24-19/h9-14,20H,4-8H2,1-3H3,(H,22,23)/t20-/m0/s1. The Balaban J connectivity index is 1.77. The van der Waals surface area contributed by atoms with Gasteiger partial charge in [0.1, 0.15) is 0 Å². The summed E-state index contributed by atoms with van der Waals surface area (Å²) in [5, 5.41) is 3.27. The Morgan fingerprint density at radius 3 is 2.50 bits per heavy atom. The third-order valence-electron chi connectivity index (χ3n) is 4.92. The molecule has 1 N–H and O–H groups in total. The second-order valence-corrected chi connectivity index (χ2v) is 8.19. The number of aryl methyl sites for hydroxylation is 3. The van der Waals surface area contributed by atoms with Crippen molar-refractivity contribution in [2.24, 2.45) is 5.92 Å². The van der Waals surface area contributed by atoms with Crippen LogP contribution >= 0.6 is 11.3 Å². The molecule has 0 saturated heterocycles. The van der Waals surface area contributed by atoms with Crippen LogP contribution in [0.3, 0.4) is 0 Å². The molecule has 0 aliphatic heterocycles. The summed E-state index contributed by atoms with van der Waals surface area (Å²) in [6, 6.07) is 10.8. The number of amides is 1.